The number of carbonyl (C=O) groups excluding carboxylic acids is 1. The van der Waals surface area contributed by atoms with E-state index in [1.807, 2.05) is 12.1 Å². The lowest BCUT2D eigenvalue weighted by atomic mass is 9.81. The largest absolute Gasteiger partial charge is 0.496 e. The predicted molar refractivity (Wildman–Crippen MR) is 109 cm³/mol. The second-order valence-corrected chi connectivity index (χ2v) is 8.78. The zero-order valence-corrected chi connectivity index (χ0v) is 18.0. The van der Waals surface area contributed by atoms with Gasteiger partial charge in [0.1, 0.15) is 5.75 Å². The number of alkyl halides is 3. The number of nitrogens with one attached hydrogen (secondary N) is 1. The molecule has 2 saturated heterocycles. The molecule has 1 amide bonds. The molecule has 7 nitrogen and oxygen atoms in total. The van der Waals surface area contributed by atoms with Crippen molar-refractivity contribution in [1.29, 1.82) is 0 Å². The molecule has 0 radical (unpaired) electrons. The second-order valence-electron chi connectivity index (χ2n) is 8.78. The van der Waals surface area contributed by atoms with E-state index in [0.717, 1.165) is 45.1 Å². The highest BCUT2D eigenvalue weighted by Gasteiger charge is 2.50. The van der Waals surface area contributed by atoms with E-state index in [4.69, 9.17) is 19.4 Å². The first-order chi connectivity index (χ1) is 15.1. The standard InChI is InChI=1S/C20H28N2O3.C2HF3O2/c1-24-18-5-3-2-4-16(18)9-22-10-17-11-25-14-20(17,13-22)12-21-19(23)8-15-6-7-15;3-2(4,5)1(6)7/h2-5,15,17H,6-14H2,1H3,(H,21,23);(H,6,7)/t17-,20+;/m1./s1. The van der Waals surface area contributed by atoms with Gasteiger partial charge in [-0.15, -0.1) is 0 Å². The Bertz CT molecular complexity index is 815. The average Bonchev–Trinajstić information content (AvgIpc) is 3.36. The molecule has 0 spiro atoms. The van der Waals surface area contributed by atoms with Gasteiger partial charge in [0.25, 0.3) is 0 Å². The van der Waals surface area contributed by atoms with Crippen LogP contribution in [-0.4, -0.2) is 68.0 Å². The molecule has 1 saturated carbocycles. The van der Waals surface area contributed by atoms with Crippen LogP contribution in [0.25, 0.3) is 0 Å². The third-order valence-electron chi connectivity index (χ3n) is 6.23. The number of benzene rings is 1. The number of methoxy groups -OCH3 is 1. The molecule has 2 heterocycles. The van der Waals surface area contributed by atoms with Crippen LogP contribution in [0.15, 0.2) is 24.3 Å². The van der Waals surface area contributed by atoms with E-state index in [-0.39, 0.29) is 11.3 Å². The predicted octanol–water partition coefficient (Wildman–Crippen LogP) is 2.69. The highest BCUT2D eigenvalue weighted by molar-refractivity contribution is 5.76. The fourth-order valence-corrected chi connectivity index (χ4v) is 4.32. The summed E-state index contributed by atoms with van der Waals surface area (Å²) in [5.41, 5.74) is 1.29. The molecule has 1 aliphatic carbocycles. The molecule has 3 fully saturated rings. The highest BCUT2D eigenvalue weighted by atomic mass is 19.4. The Morgan fingerprint density at radius 2 is 2.00 bits per heavy atom. The SMILES string of the molecule is COc1ccccc1CN1C[C@@H]2COC[C@]2(CNC(=O)CC2CC2)C1.O=C(O)C(F)(F)F. The maximum absolute atomic E-state index is 12.1. The monoisotopic (exact) mass is 458 g/mol. The van der Waals surface area contributed by atoms with Crippen LogP contribution in [0.4, 0.5) is 13.2 Å². The topological polar surface area (TPSA) is 88.1 Å². The first-order valence-electron chi connectivity index (χ1n) is 10.6. The molecule has 32 heavy (non-hydrogen) atoms. The van der Waals surface area contributed by atoms with Crippen LogP contribution >= 0.6 is 0 Å². The molecule has 10 heteroatoms. The van der Waals surface area contributed by atoms with Crippen LogP contribution in [0.2, 0.25) is 0 Å². The number of amides is 1. The summed E-state index contributed by atoms with van der Waals surface area (Å²) < 4.78 is 43.0. The quantitative estimate of drug-likeness (QED) is 0.653. The van der Waals surface area contributed by atoms with Crippen LogP contribution in [0.1, 0.15) is 24.8 Å². The molecule has 2 aliphatic heterocycles. The first kappa shape index (κ1) is 24.3. The van der Waals surface area contributed by atoms with Gasteiger partial charge in [0.15, 0.2) is 0 Å². The molecule has 4 rings (SSSR count). The molecule has 178 valence electrons. The van der Waals surface area contributed by atoms with Gasteiger partial charge in [-0.05, 0) is 24.8 Å². The summed E-state index contributed by atoms with van der Waals surface area (Å²) in [5, 5.41) is 10.3. The van der Waals surface area contributed by atoms with Crippen molar-refractivity contribution in [2.24, 2.45) is 17.3 Å². The van der Waals surface area contributed by atoms with E-state index < -0.39 is 12.1 Å². The van der Waals surface area contributed by atoms with Gasteiger partial charge in [-0.2, -0.15) is 13.2 Å². The number of ether oxygens (including phenoxy) is 2. The van der Waals surface area contributed by atoms with Crippen LogP contribution in [0.5, 0.6) is 5.75 Å². The van der Waals surface area contributed by atoms with Crippen LogP contribution in [-0.2, 0) is 20.9 Å². The van der Waals surface area contributed by atoms with Crippen molar-refractivity contribution in [2.45, 2.75) is 32.0 Å². The number of hydrogen-bond acceptors (Lipinski definition) is 5. The van der Waals surface area contributed by atoms with Gasteiger partial charge >= 0.3 is 12.1 Å². The summed E-state index contributed by atoms with van der Waals surface area (Å²) in [6.45, 7) is 5.19. The summed E-state index contributed by atoms with van der Waals surface area (Å²) in [6, 6.07) is 8.22. The molecule has 0 aromatic heterocycles. The van der Waals surface area contributed by atoms with Gasteiger partial charge in [-0.3, -0.25) is 9.69 Å². The number of carboxylic acids is 1. The van der Waals surface area contributed by atoms with Gasteiger partial charge in [0.05, 0.1) is 20.3 Å². The minimum absolute atomic E-state index is 0.0707. The molecular weight excluding hydrogens is 429 g/mol. The fraction of sp³-hybridized carbons (Fsp3) is 0.636. The number of carbonyl (C=O) groups is 2. The smallest absolute Gasteiger partial charge is 0.490 e. The Balaban J connectivity index is 0.000000360. The third kappa shape index (κ3) is 6.35. The third-order valence-corrected chi connectivity index (χ3v) is 6.23. The van der Waals surface area contributed by atoms with Crippen molar-refractivity contribution >= 4 is 11.9 Å². The molecule has 0 unspecified atom stereocenters. The lowest BCUT2D eigenvalue weighted by Crippen LogP contribution is -2.43. The van der Waals surface area contributed by atoms with Crippen LogP contribution < -0.4 is 10.1 Å². The van der Waals surface area contributed by atoms with Crippen LogP contribution in [0, 0.1) is 17.3 Å². The van der Waals surface area contributed by atoms with Crippen molar-refractivity contribution in [3.8, 4) is 5.75 Å². The van der Waals surface area contributed by atoms with Gasteiger partial charge in [0, 0.05) is 49.5 Å². The number of aliphatic carboxylic acids is 1. The molecule has 1 aromatic carbocycles. The molecule has 2 N–H and O–H groups in total. The molecule has 0 bridgehead atoms. The number of hydrogen-bond donors (Lipinski definition) is 2. The van der Waals surface area contributed by atoms with E-state index in [9.17, 15) is 18.0 Å². The van der Waals surface area contributed by atoms with Crippen molar-refractivity contribution in [3.63, 3.8) is 0 Å². The lowest BCUT2D eigenvalue weighted by Gasteiger charge is -2.28. The highest BCUT2D eigenvalue weighted by Crippen LogP contribution is 2.42. The number of rotatable bonds is 7. The normalized spacial score (nSPS) is 24.9. The Morgan fingerprint density at radius 3 is 2.62 bits per heavy atom. The summed E-state index contributed by atoms with van der Waals surface area (Å²) in [5.74, 6) is -0.456. The number of fused-ring (bicyclic) bond motifs is 1. The van der Waals surface area contributed by atoms with E-state index in [2.05, 4.69) is 22.3 Å². The maximum Gasteiger partial charge on any atom is 0.490 e. The number of carboxylic acid groups (broad SMARTS) is 1. The zero-order chi connectivity index (χ0) is 23.4. The summed E-state index contributed by atoms with van der Waals surface area (Å²) in [7, 11) is 1.72. The summed E-state index contributed by atoms with van der Waals surface area (Å²) in [4.78, 5) is 23.5. The molecular formula is C22H29F3N2O5. The van der Waals surface area contributed by atoms with E-state index in [1.165, 1.54) is 18.4 Å². The second kappa shape index (κ2) is 10.1. The number of likely N-dealkylation sites (tertiary alicyclic amines) is 1. The number of halogens is 3. The Kier molecular flexibility index (Phi) is 7.66. The number of para-hydroxylation sites is 1. The molecule has 3 aliphatic rings. The first-order valence-corrected chi connectivity index (χ1v) is 10.6. The van der Waals surface area contributed by atoms with Gasteiger partial charge in [0.2, 0.25) is 5.91 Å². The van der Waals surface area contributed by atoms with E-state index in [0.29, 0.717) is 18.3 Å². The zero-order valence-electron chi connectivity index (χ0n) is 18.0. The minimum Gasteiger partial charge on any atom is -0.496 e. The molecule has 2 atom stereocenters. The van der Waals surface area contributed by atoms with Gasteiger partial charge in [-0.25, -0.2) is 4.79 Å². The van der Waals surface area contributed by atoms with Crippen molar-refractivity contribution in [1.82, 2.24) is 10.2 Å². The van der Waals surface area contributed by atoms with Crippen molar-refractivity contribution in [3.05, 3.63) is 29.8 Å². The average molecular weight is 458 g/mol. The Hall–Kier alpha value is -2.33. The van der Waals surface area contributed by atoms with Gasteiger partial charge < -0.3 is 19.9 Å². The number of nitrogens with zero attached hydrogens (tertiary/aromatic N) is 1. The fourth-order valence-electron chi connectivity index (χ4n) is 4.32. The lowest BCUT2D eigenvalue weighted by molar-refractivity contribution is -0.192. The molecule has 1 aromatic rings. The van der Waals surface area contributed by atoms with Crippen molar-refractivity contribution in [2.75, 3.05) is 40.0 Å². The van der Waals surface area contributed by atoms with Crippen LogP contribution in [0.3, 0.4) is 0 Å². The summed E-state index contributed by atoms with van der Waals surface area (Å²) >= 11 is 0. The Labute approximate surface area is 184 Å². The maximum atomic E-state index is 12.1. The van der Waals surface area contributed by atoms with Crippen molar-refractivity contribution < 1.29 is 37.3 Å². The van der Waals surface area contributed by atoms with E-state index >= 15 is 0 Å². The minimum atomic E-state index is -5.08. The Morgan fingerprint density at radius 1 is 1.31 bits per heavy atom. The van der Waals surface area contributed by atoms with Gasteiger partial charge in [-0.1, -0.05) is 18.2 Å². The summed E-state index contributed by atoms with van der Waals surface area (Å²) in [6.07, 6.45) is -1.94. The van der Waals surface area contributed by atoms with E-state index in [1.54, 1.807) is 7.11 Å².